The number of hydrogen-bond acceptors (Lipinski definition) is 3. The monoisotopic (exact) mass is 339 g/mol. The van der Waals surface area contributed by atoms with E-state index in [9.17, 15) is 9.59 Å². The standard InChI is InChI=1S/C21H25NO3/c1-4-25-21(24)18-7-5-6-8-19(18)22-20(23)14-11-16-9-12-17(13-10-16)15(2)3/h5-10,12-13,15H,4,11,14H2,1-3H3,(H,22,23). The fraction of sp³-hybridized carbons (Fsp3) is 0.333. The van der Waals surface area contributed by atoms with Crippen LogP contribution < -0.4 is 5.32 Å². The van der Waals surface area contributed by atoms with Gasteiger partial charge in [-0.25, -0.2) is 4.79 Å². The van der Waals surface area contributed by atoms with Crippen LogP contribution in [0.1, 0.15) is 54.6 Å². The SMILES string of the molecule is CCOC(=O)c1ccccc1NC(=O)CCc1ccc(C(C)C)cc1. The number of anilines is 1. The zero-order valence-electron chi connectivity index (χ0n) is 15.0. The van der Waals surface area contributed by atoms with Crippen molar-refractivity contribution < 1.29 is 14.3 Å². The number of rotatable bonds is 7. The molecule has 0 spiro atoms. The van der Waals surface area contributed by atoms with Gasteiger partial charge in [0.15, 0.2) is 0 Å². The van der Waals surface area contributed by atoms with Crippen molar-refractivity contribution in [1.82, 2.24) is 0 Å². The van der Waals surface area contributed by atoms with Gasteiger partial charge in [0.1, 0.15) is 0 Å². The molecule has 0 heterocycles. The first-order valence-corrected chi connectivity index (χ1v) is 8.66. The number of carbonyl (C=O) groups is 2. The molecule has 1 amide bonds. The van der Waals surface area contributed by atoms with E-state index in [2.05, 4.69) is 43.4 Å². The van der Waals surface area contributed by atoms with Crippen LogP contribution >= 0.6 is 0 Å². The lowest BCUT2D eigenvalue weighted by Gasteiger charge is -2.10. The van der Waals surface area contributed by atoms with E-state index in [0.29, 0.717) is 36.6 Å². The smallest absolute Gasteiger partial charge is 0.340 e. The molecule has 0 aliphatic rings. The Morgan fingerprint density at radius 2 is 1.72 bits per heavy atom. The molecule has 2 aromatic carbocycles. The van der Waals surface area contributed by atoms with Gasteiger partial charge in [0.05, 0.1) is 17.9 Å². The van der Waals surface area contributed by atoms with Gasteiger partial charge in [0.2, 0.25) is 5.91 Å². The number of esters is 1. The van der Waals surface area contributed by atoms with Crippen molar-refractivity contribution in [2.45, 2.75) is 39.5 Å². The molecule has 0 aromatic heterocycles. The third kappa shape index (κ3) is 5.45. The molecule has 4 nitrogen and oxygen atoms in total. The number of amides is 1. The van der Waals surface area contributed by atoms with Crippen LogP contribution in [0.25, 0.3) is 0 Å². The van der Waals surface area contributed by atoms with Gasteiger partial charge in [-0.05, 0) is 42.5 Å². The van der Waals surface area contributed by atoms with Crippen molar-refractivity contribution in [2.75, 3.05) is 11.9 Å². The zero-order valence-corrected chi connectivity index (χ0v) is 15.0. The van der Waals surface area contributed by atoms with Crippen molar-refractivity contribution in [2.24, 2.45) is 0 Å². The van der Waals surface area contributed by atoms with Gasteiger partial charge < -0.3 is 10.1 Å². The average molecular weight is 339 g/mol. The van der Waals surface area contributed by atoms with E-state index in [-0.39, 0.29) is 5.91 Å². The minimum absolute atomic E-state index is 0.121. The Morgan fingerprint density at radius 3 is 2.36 bits per heavy atom. The summed E-state index contributed by atoms with van der Waals surface area (Å²) in [7, 11) is 0. The second kappa shape index (κ2) is 9.02. The Balaban J connectivity index is 1.95. The summed E-state index contributed by atoms with van der Waals surface area (Å²) >= 11 is 0. The summed E-state index contributed by atoms with van der Waals surface area (Å²) in [6.45, 7) is 6.37. The number of nitrogens with one attached hydrogen (secondary N) is 1. The predicted molar refractivity (Wildman–Crippen MR) is 99.9 cm³/mol. The van der Waals surface area contributed by atoms with Crippen LogP contribution in [0.4, 0.5) is 5.69 Å². The lowest BCUT2D eigenvalue weighted by Crippen LogP contribution is -2.16. The number of para-hydroxylation sites is 1. The summed E-state index contributed by atoms with van der Waals surface area (Å²) in [6, 6.07) is 15.2. The van der Waals surface area contributed by atoms with Crippen molar-refractivity contribution in [1.29, 1.82) is 0 Å². The fourth-order valence-electron chi connectivity index (χ4n) is 2.52. The molecule has 0 aliphatic heterocycles. The average Bonchev–Trinajstić information content (AvgIpc) is 2.61. The van der Waals surface area contributed by atoms with Gasteiger partial charge in [-0.15, -0.1) is 0 Å². The Morgan fingerprint density at radius 1 is 1.04 bits per heavy atom. The number of ether oxygens (including phenoxy) is 1. The third-order valence-electron chi connectivity index (χ3n) is 3.98. The van der Waals surface area contributed by atoms with E-state index in [0.717, 1.165) is 5.56 Å². The van der Waals surface area contributed by atoms with Gasteiger partial charge in [-0.3, -0.25) is 4.79 Å². The van der Waals surface area contributed by atoms with Crippen LogP contribution in [-0.2, 0) is 16.0 Å². The van der Waals surface area contributed by atoms with Crippen LogP contribution in [0.3, 0.4) is 0 Å². The van der Waals surface area contributed by atoms with Crippen molar-refractivity contribution in [3.63, 3.8) is 0 Å². The molecule has 132 valence electrons. The first-order valence-electron chi connectivity index (χ1n) is 8.66. The molecule has 0 aliphatic carbocycles. The van der Waals surface area contributed by atoms with Gasteiger partial charge >= 0.3 is 5.97 Å². The molecular formula is C21H25NO3. The van der Waals surface area contributed by atoms with E-state index in [1.165, 1.54) is 5.56 Å². The molecule has 0 radical (unpaired) electrons. The van der Waals surface area contributed by atoms with Crippen LogP contribution in [0, 0.1) is 0 Å². The molecule has 0 atom stereocenters. The van der Waals surface area contributed by atoms with Gasteiger partial charge in [-0.1, -0.05) is 50.2 Å². The van der Waals surface area contributed by atoms with Crippen LogP contribution in [0.2, 0.25) is 0 Å². The molecule has 4 heteroatoms. The Labute approximate surface area is 149 Å². The summed E-state index contributed by atoms with van der Waals surface area (Å²) < 4.78 is 5.02. The first-order chi connectivity index (χ1) is 12.0. The predicted octanol–water partition coefficient (Wildman–Crippen LogP) is 4.56. The fourth-order valence-corrected chi connectivity index (χ4v) is 2.52. The highest BCUT2D eigenvalue weighted by atomic mass is 16.5. The Kier molecular flexibility index (Phi) is 6.75. The molecule has 0 saturated heterocycles. The van der Waals surface area contributed by atoms with E-state index >= 15 is 0 Å². The van der Waals surface area contributed by atoms with E-state index in [4.69, 9.17) is 4.74 Å². The summed E-state index contributed by atoms with van der Waals surface area (Å²) in [5.74, 6) is -0.0518. The summed E-state index contributed by atoms with van der Waals surface area (Å²) in [4.78, 5) is 24.2. The number of carbonyl (C=O) groups excluding carboxylic acids is 2. The van der Waals surface area contributed by atoms with Gasteiger partial charge in [-0.2, -0.15) is 0 Å². The minimum atomic E-state index is -0.428. The van der Waals surface area contributed by atoms with E-state index in [1.54, 1.807) is 31.2 Å². The highest BCUT2D eigenvalue weighted by Crippen LogP contribution is 2.18. The number of benzene rings is 2. The minimum Gasteiger partial charge on any atom is -0.462 e. The molecule has 2 aromatic rings. The number of hydrogen-bond donors (Lipinski definition) is 1. The zero-order chi connectivity index (χ0) is 18.2. The summed E-state index contributed by atoms with van der Waals surface area (Å²) in [5.41, 5.74) is 3.27. The normalized spacial score (nSPS) is 10.6. The van der Waals surface area contributed by atoms with Crippen LogP contribution in [0.5, 0.6) is 0 Å². The van der Waals surface area contributed by atoms with Gasteiger partial charge in [0.25, 0.3) is 0 Å². The first kappa shape index (κ1) is 18.7. The van der Waals surface area contributed by atoms with E-state index < -0.39 is 5.97 Å². The maximum atomic E-state index is 12.2. The molecule has 0 fully saturated rings. The highest BCUT2D eigenvalue weighted by Gasteiger charge is 2.13. The Hall–Kier alpha value is -2.62. The molecule has 2 rings (SSSR count). The molecular weight excluding hydrogens is 314 g/mol. The van der Waals surface area contributed by atoms with Crippen molar-refractivity contribution in [3.05, 3.63) is 65.2 Å². The van der Waals surface area contributed by atoms with Crippen molar-refractivity contribution in [3.8, 4) is 0 Å². The second-order valence-corrected chi connectivity index (χ2v) is 6.21. The molecule has 1 N–H and O–H groups in total. The maximum Gasteiger partial charge on any atom is 0.340 e. The van der Waals surface area contributed by atoms with Gasteiger partial charge in [0, 0.05) is 6.42 Å². The second-order valence-electron chi connectivity index (χ2n) is 6.21. The summed E-state index contributed by atoms with van der Waals surface area (Å²) in [6.07, 6.45) is 1.02. The van der Waals surface area contributed by atoms with Crippen LogP contribution in [-0.4, -0.2) is 18.5 Å². The Bertz CT molecular complexity index is 720. The van der Waals surface area contributed by atoms with E-state index in [1.807, 2.05) is 0 Å². The lowest BCUT2D eigenvalue weighted by molar-refractivity contribution is -0.116. The topological polar surface area (TPSA) is 55.4 Å². The van der Waals surface area contributed by atoms with Crippen LogP contribution in [0.15, 0.2) is 48.5 Å². The molecule has 0 bridgehead atoms. The lowest BCUT2D eigenvalue weighted by atomic mass is 10.0. The quantitative estimate of drug-likeness (QED) is 0.753. The molecule has 0 saturated carbocycles. The highest BCUT2D eigenvalue weighted by molar-refractivity contribution is 6.01. The molecule has 25 heavy (non-hydrogen) atoms. The number of aryl methyl sites for hydroxylation is 1. The molecule has 0 unspecified atom stereocenters. The third-order valence-corrected chi connectivity index (χ3v) is 3.98. The maximum absolute atomic E-state index is 12.2. The largest absolute Gasteiger partial charge is 0.462 e. The summed E-state index contributed by atoms with van der Waals surface area (Å²) in [5, 5.41) is 2.81. The van der Waals surface area contributed by atoms with Crippen molar-refractivity contribution >= 4 is 17.6 Å².